The van der Waals surface area contributed by atoms with Crippen molar-refractivity contribution >= 4 is 56.7 Å². The smallest absolute Gasteiger partial charge is 0.234 e. The molecule has 2 aromatic heterocycles. The van der Waals surface area contributed by atoms with Crippen molar-refractivity contribution in [2.45, 2.75) is 42.8 Å². The van der Waals surface area contributed by atoms with Gasteiger partial charge in [0.1, 0.15) is 9.86 Å². The van der Waals surface area contributed by atoms with Crippen LogP contribution in [0.5, 0.6) is 0 Å². The van der Waals surface area contributed by atoms with Crippen molar-refractivity contribution in [1.29, 1.82) is 0 Å². The highest BCUT2D eigenvalue weighted by molar-refractivity contribution is 8.00. The number of nitrogens with one attached hydrogen (secondary N) is 1. The molecule has 140 valence electrons. The van der Waals surface area contributed by atoms with Crippen LogP contribution in [0.4, 0.5) is 5.69 Å². The van der Waals surface area contributed by atoms with Gasteiger partial charge in [0.05, 0.1) is 5.75 Å². The monoisotopic (exact) mass is 415 g/mol. The summed E-state index contributed by atoms with van der Waals surface area (Å²) < 4.78 is 0. The quantitative estimate of drug-likeness (QED) is 0.347. The number of fused-ring (bicyclic) bond motifs is 3. The van der Waals surface area contributed by atoms with Crippen molar-refractivity contribution in [3.63, 3.8) is 0 Å². The first-order valence-corrected chi connectivity index (χ1v) is 12.0. The Bertz CT molecular complexity index is 1000. The predicted octanol–water partition coefficient (Wildman–Crippen LogP) is 5.33. The highest BCUT2D eigenvalue weighted by atomic mass is 32.2. The van der Waals surface area contributed by atoms with E-state index in [1.165, 1.54) is 40.4 Å². The summed E-state index contributed by atoms with van der Waals surface area (Å²) in [7, 11) is 0. The number of nitrogens with zero attached hydrogens (tertiary/aromatic N) is 2. The highest BCUT2D eigenvalue weighted by Crippen LogP contribution is 2.40. The van der Waals surface area contributed by atoms with Crippen molar-refractivity contribution in [1.82, 2.24) is 9.97 Å². The summed E-state index contributed by atoms with van der Waals surface area (Å²) in [4.78, 5) is 24.5. The van der Waals surface area contributed by atoms with E-state index in [4.69, 9.17) is 9.97 Å². The number of amides is 1. The Labute approximate surface area is 171 Å². The molecule has 0 bridgehead atoms. The van der Waals surface area contributed by atoms with Crippen LogP contribution >= 0.6 is 34.9 Å². The molecule has 4 rings (SSSR count). The number of aromatic nitrogens is 2. The Balaban J connectivity index is 1.58. The molecule has 0 saturated heterocycles. The van der Waals surface area contributed by atoms with Crippen LogP contribution in [0.2, 0.25) is 0 Å². The molecule has 3 aromatic rings. The van der Waals surface area contributed by atoms with Gasteiger partial charge < -0.3 is 5.32 Å². The summed E-state index contributed by atoms with van der Waals surface area (Å²) in [5, 5.41) is 5.92. The number of benzene rings is 1. The number of carbonyl (C=O) groups excluding carboxylic acids is 1. The molecule has 0 radical (unpaired) electrons. The standard InChI is InChI=1S/C20H21N3OS3/c1-12-7-3-5-9-14(12)21-16(24)11-26-18-17-13-8-4-6-10-15(13)27-19(17)23-20(22-18)25-2/h3,5,7,9H,4,6,8,10-11H2,1-2H3,(H,21,24). The minimum Gasteiger partial charge on any atom is -0.325 e. The third kappa shape index (κ3) is 4.00. The van der Waals surface area contributed by atoms with Crippen molar-refractivity contribution in [2.24, 2.45) is 0 Å². The molecule has 0 atom stereocenters. The van der Waals surface area contributed by atoms with E-state index in [-0.39, 0.29) is 5.91 Å². The Morgan fingerprint density at radius 1 is 1.22 bits per heavy atom. The van der Waals surface area contributed by atoms with Crippen molar-refractivity contribution in [2.75, 3.05) is 17.3 Å². The summed E-state index contributed by atoms with van der Waals surface area (Å²) >= 11 is 4.88. The molecule has 4 nitrogen and oxygen atoms in total. The third-order valence-corrected chi connectivity index (χ3v) is 7.41. The van der Waals surface area contributed by atoms with E-state index in [1.54, 1.807) is 23.1 Å². The second kappa shape index (κ2) is 8.20. The van der Waals surface area contributed by atoms with Gasteiger partial charge in [-0.05, 0) is 56.1 Å². The number of hydrogen-bond acceptors (Lipinski definition) is 6. The number of thiophene rings is 1. The fourth-order valence-electron chi connectivity index (χ4n) is 3.33. The largest absolute Gasteiger partial charge is 0.325 e. The lowest BCUT2D eigenvalue weighted by molar-refractivity contribution is -0.113. The SMILES string of the molecule is CSc1nc(SCC(=O)Nc2ccccc2C)c2c3c(sc2n1)CCCC3. The van der Waals surface area contributed by atoms with Gasteiger partial charge in [-0.15, -0.1) is 11.3 Å². The van der Waals surface area contributed by atoms with Gasteiger partial charge in [0.15, 0.2) is 5.16 Å². The van der Waals surface area contributed by atoms with Gasteiger partial charge >= 0.3 is 0 Å². The average molecular weight is 416 g/mol. The van der Waals surface area contributed by atoms with Gasteiger partial charge in [0.2, 0.25) is 5.91 Å². The van der Waals surface area contributed by atoms with Crippen LogP contribution in [-0.4, -0.2) is 27.9 Å². The van der Waals surface area contributed by atoms with E-state index in [1.807, 2.05) is 37.4 Å². The Kier molecular flexibility index (Phi) is 5.71. The molecule has 7 heteroatoms. The van der Waals surface area contributed by atoms with Crippen LogP contribution in [0.3, 0.4) is 0 Å². The lowest BCUT2D eigenvalue weighted by Gasteiger charge is -2.12. The molecule has 0 saturated carbocycles. The van der Waals surface area contributed by atoms with E-state index in [2.05, 4.69) is 5.32 Å². The van der Waals surface area contributed by atoms with Crippen LogP contribution < -0.4 is 5.32 Å². The Morgan fingerprint density at radius 3 is 2.85 bits per heavy atom. The molecule has 1 aromatic carbocycles. The van der Waals surface area contributed by atoms with Crippen LogP contribution in [0, 0.1) is 6.92 Å². The number of hydrogen-bond donors (Lipinski definition) is 1. The zero-order chi connectivity index (χ0) is 18.8. The fraction of sp³-hybridized carbons (Fsp3) is 0.350. The molecule has 27 heavy (non-hydrogen) atoms. The molecule has 2 heterocycles. The van der Waals surface area contributed by atoms with E-state index >= 15 is 0 Å². The van der Waals surface area contributed by atoms with Crippen LogP contribution in [0.15, 0.2) is 34.4 Å². The second-order valence-electron chi connectivity index (χ2n) is 6.56. The number of anilines is 1. The van der Waals surface area contributed by atoms with Gasteiger partial charge in [-0.2, -0.15) is 0 Å². The molecular formula is C20H21N3OS3. The topological polar surface area (TPSA) is 54.9 Å². The van der Waals surface area contributed by atoms with E-state index in [0.717, 1.165) is 39.1 Å². The molecule has 0 spiro atoms. The molecule has 0 fully saturated rings. The van der Waals surface area contributed by atoms with Crippen LogP contribution in [0.25, 0.3) is 10.2 Å². The van der Waals surface area contributed by atoms with Gasteiger partial charge in [0.25, 0.3) is 0 Å². The van der Waals surface area contributed by atoms with Crippen molar-refractivity contribution in [3.8, 4) is 0 Å². The number of carbonyl (C=O) groups is 1. The fourth-order valence-corrected chi connectivity index (χ4v) is 6.00. The van der Waals surface area contributed by atoms with E-state index < -0.39 is 0 Å². The van der Waals surface area contributed by atoms with Crippen LogP contribution in [0.1, 0.15) is 28.8 Å². The first-order valence-electron chi connectivity index (χ1n) is 9.00. The molecular weight excluding hydrogens is 394 g/mol. The summed E-state index contributed by atoms with van der Waals surface area (Å²) in [5.41, 5.74) is 3.35. The Morgan fingerprint density at radius 2 is 2.04 bits per heavy atom. The second-order valence-corrected chi connectivity index (χ2v) is 9.38. The van der Waals surface area contributed by atoms with Gasteiger partial charge in [-0.3, -0.25) is 4.79 Å². The predicted molar refractivity (Wildman–Crippen MR) is 116 cm³/mol. The van der Waals surface area contributed by atoms with Gasteiger partial charge in [0, 0.05) is 16.0 Å². The normalized spacial score (nSPS) is 13.6. The first kappa shape index (κ1) is 18.8. The number of thioether (sulfide) groups is 2. The number of para-hydroxylation sites is 1. The van der Waals surface area contributed by atoms with E-state index in [0.29, 0.717) is 5.75 Å². The minimum absolute atomic E-state index is 0.00383. The molecule has 1 amide bonds. The average Bonchev–Trinajstić information content (AvgIpc) is 3.06. The van der Waals surface area contributed by atoms with Crippen molar-refractivity contribution in [3.05, 3.63) is 40.3 Å². The Hall–Kier alpha value is -1.57. The molecule has 1 N–H and O–H groups in total. The maximum Gasteiger partial charge on any atom is 0.234 e. The molecule has 1 aliphatic rings. The van der Waals surface area contributed by atoms with Crippen LogP contribution in [-0.2, 0) is 17.6 Å². The van der Waals surface area contributed by atoms with E-state index in [9.17, 15) is 4.79 Å². The zero-order valence-electron chi connectivity index (χ0n) is 15.4. The van der Waals surface area contributed by atoms with Gasteiger partial charge in [-0.1, -0.05) is 41.7 Å². The summed E-state index contributed by atoms with van der Waals surface area (Å²) in [5.74, 6) is 0.342. The maximum absolute atomic E-state index is 12.5. The van der Waals surface area contributed by atoms with Gasteiger partial charge in [-0.25, -0.2) is 9.97 Å². The molecule has 0 unspecified atom stereocenters. The number of aryl methyl sites for hydroxylation is 3. The first-order chi connectivity index (χ1) is 13.2. The minimum atomic E-state index is -0.00383. The molecule has 1 aliphatic carbocycles. The molecule has 0 aliphatic heterocycles. The summed E-state index contributed by atoms with van der Waals surface area (Å²) in [6.07, 6.45) is 6.71. The summed E-state index contributed by atoms with van der Waals surface area (Å²) in [6, 6.07) is 7.84. The lowest BCUT2D eigenvalue weighted by Crippen LogP contribution is -2.15. The van der Waals surface area contributed by atoms with Crippen molar-refractivity contribution < 1.29 is 4.79 Å². The lowest BCUT2D eigenvalue weighted by atomic mass is 9.97. The third-order valence-electron chi connectivity index (χ3n) is 4.70. The highest BCUT2D eigenvalue weighted by Gasteiger charge is 2.21. The number of rotatable bonds is 5. The summed E-state index contributed by atoms with van der Waals surface area (Å²) in [6.45, 7) is 2.00. The zero-order valence-corrected chi connectivity index (χ0v) is 17.8. The maximum atomic E-state index is 12.5.